The van der Waals surface area contributed by atoms with Crippen LogP contribution in [0.5, 0.6) is 5.75 Å². The Morgan fingerprint density at radius 3 is 2.42 bits per heavy atom. The fraction of sp³-hybridized carbons (Fsp3) is 0.364. The highest BCUT2D eigenvalue weighted by molar-refractivity contribution is 7.09. The zero-order valence-corrected chi connectivity index (χ0v) is 18.0. The lowest BCUT2D eigenvalue weighted by molar-refractivity contribution is -0.144. The van der Waals surface area contributed by atoms with Gasteiger partial charge in [-0.15, -0.1) is 11.3 Å². The van der Waals surface area contributed by atoms with E-state index in [4.69, 9.17) is 4.74 Å². The Kier molecular flexibility index (Phi) is 6.03. The van der Waals surface area contributed by atoms with E-state index in [2.05, 4.69) is 0 Å². The maximum Gasteiger partial charge on any atom is 0.334 e. The van der Waals surface area contributed by atoms with E-state index in [1.165, 1.54) is 16.2 Å². The van der Waals surface area contributed by atoms with Crippen LogP contribution in [0, 0.1) is 0 Å². The lowest BCUT2D eigenvalue weighted by Crippen LogP contribution is -2.44. The lowest BCUT2D eigenvalue weighted by Gasteiger charge is -2.25. The number of hydrogen-bond acceptors (Lipinski definition) is 6. The molecule has 2 heterocycles. The number of methoxy groups -OCH3 is 1. The summed E-state index contributed by atoms with van der Waals surface area (Å²) in [7, 11) is 1.56. The van der Waals surface area contributed by atoms with Crippen molar-refractivity contribution in [3.8, 4) is 5.75 Å². The molecule has 2 fully saturated rings. The van der Waals surface area contributed by atoms with Crippen LogP contribution in [0.2, 0.25) is 0 Å². The number of nitrogens with zero attached hydrogens (tertiary/aromatic N) is 3. The van der Waals surface area contributed by atoms with E-state index in [0.717, 1.165) is 27.5 Å². The highest BCUT2D eigenvalue weighted by Crippen LogP contribution is 2.28. The number of hydrogen-bond donors (Lipinski definition) is 0. The van der Waals surface area contributed by atoms with Crippen LogP contribution in [-0.4, -0.2) is 53.2 Å². The standard InChI is InChI=1S/C22H23N3O5S/c1-30-17-10-8-15(9-11-17)23(13-18-7-4-12-31-18)19(26)14-24-20(27)21(28)25(22(24)29)16-5-2-3-6-16/h4,7-12,16H,2-3,5-6,13-14H2,1H3. The SMILES string of the molecule is COc1ccc(N(Cc2cccs2)C(=O)CN2C(=O)C(=O)N(C3CCCC3)C2=O)cc1. The topological polar surface area (TPSA) is 87.2 Å². The van der Waals surface area contributed by atoms with Crippen LogP contribution in [-0.2, 0) is 20.9 Å². The van der Waals surface area contributed by atoms with Gasteiger partial charge in [0.2, 0.25) is 5.91 Å². The molecule has 5 amide bonds. The molecule has 0 unspecified atom stereocenters. The maximum atomic E-state index is 13.2. The normalized spacial score (nSPS) is 17.0. The van der Waals surface area contributed by atoms with Gasteiger partial charge in [0.05, 0.1) is 13.7 Å². The lowest BCUT2D eigenvalue weighted by atomic mass is 10.2. The molecule has 1 aliphatic heterocycles. The van der Waals surface area contributed by atoms with Crippen LogP contribution >= 0.6 is 11.3 Å². The minimum atomic E-state index is -0.934. The number of thiophene rings is 1. The van der Waals surface area contributed by atoms with Gasteiger partial charge in [-0.2, -0.15) is 0 Å². The molecule has 0 bridgehead atoms. The number of rotatable bonds is 7. The molecule has 162 valence electrons. The van der Waals surface area contributed by atoms with Crippen LogP contribution in [0.25, 0.3) is 0 Å². The van der Waals surface area contributed by atoms with Crippen molar-refractivity contribution in [2.24, 2.45) is 0 Å². The molecule has 2 aliphatic rings. The van der Waals surface area contributed by atoms with Crippen molar-refractivity contribution in [3.63, 3.8) is 0 Å². The van der Waals surface area contributed by atoms with Crippen molar-refractivity contribution in [2.45, 2.75) is 38.3 Å². The van der Waals surface area contributed by atoms with Crippen molar-refractivity contribution in [1.82, 2.24) is 9.80 Å². The number of imide groups is 2. The molecule has 4 rings (SSSR count). The first-order valence-electron chi connectivity index (χ1n) is 10.2. The van der Waals surface area contributed by atoms with Gasteiger partial charge in [0.1, 0.15) is 12.3 Å². The van der Waals surface area contributed by atoms with E-state index in [9.17, 15) is 19.2 Å². The summed E-state index contributed by atoms with van der Waals surface area (Å²) < 4.78 is 5.18. The minimum absolute atomic E-state index is 0.257. The molecule has 0 spiro atoms. The number of ether oxygens (including phenoxy) is 1. The van der Waals surface area contributed by atoms with E-state index in [0.29, 0.717) is 30.8 Å². The van der Waals surface area contributed by atoms with E-state index >= 15 is 0 Å². The van der Waals surface area contributed by atoms with E-state index in [1.54, 1.807) is 31.4 Å². The fourth-order valence-electron chi connectivity index (χ4n) is 4.01. The summed E-state index contributed by atoms with van der Waals surface area (Å²) in [5.74, 6) is -1.56. The van der Waals surface area contributed by atoms with Crippen LogP contribution in [0.15, 0.2) is 41.8 Å². The van der Waals surface area contributed by atoms with Gasteiger partial charge in [-0.05, 0) is 48.6 Å². The molecule has 1 saturated carbocycles. The molecular formula is C22H23N3O5S. The molecule has 1 aromatic carbocycles. The predicted molar refractivity (Wildman–Crippen MR) is 115 cm³/mol. The third-order valence-corrected chi connectivity index (χ3v) is 6.51. The number of carbonyl (C=O) groups excluding carboxylic acids is 4. The van der Waals surface area contributed by atoms with Crippen molar-refractivity contribution in [3.05, 3.63) is 46.7 Å². The number of amides is 5. The van der Waals surface area contributed by atoms with E-state index < -0.39 is 30.3 Å². The predicted octanol–water partition coefficient (Wildman–Crippen LogP) is 3.02. The Labute approximate surface area is 184 Å². The summed E-state index contributed by atoms with van der Waals surface area (Å²) >= 11 is 1.50. The fourth-order valence-corrected chi connectivity index (χ4v) is 4.70. The third-order valence-electron chi connectivity index (χ3n) is 5.65. The first kappa shape index (κ1) is 21.0. The van der Waals surface area contributed by atoms with Crippen LogP contribution in [0.4, 0.5) is 10.5 Å². The van der Waals surface area contributed by atoms with Crippen molar-refractivity contribution >= 4 is 40.8 Å². The molecule has 0 atom stereocenters. The van der Waals surface area contributed by atoms with Gasteiger partial charge in [-0.25, -0.2) is 9.69 Å². The van der Waals surface area contributed by atoms with Crippen molar-refractivity contribution in [2.75, 3.05) is 18.6 Å². The smallest absolute Gasteiger partial charge is 0.334 e. The molecule has 1 saturated heterocycles. The van der Waals surface area contributed by atoms with Gasteiger partial charge in [0.25, 0.3) is 0 Å². The van der Waals surface area contributed by atoms with Gasteiger partial charge in [-0.1, -0.05) is 18.9 Å². The van der Waals surface area contributed by atoms with Gasteiger partial charge >= 0.3 is 17.8 Å². The number of urea groups is 1. The Bertz CT molecular complexity index is 983. The molecule has 1 aromatic heterocycles. The first-order valence-corrected chi connectivity index (χ1v) is 11.0. The van der Waals surface area contributed by atoms with Crippen LogP contribution < -0.4 is 9.64 Å². The average Bonchev–Trinajstić information content (AvgIpc) is 3.52. The highest BCUT2D eigenvalue weighted by Gasteiger charge is 2.49. The summed E-state index contributed by atoms with van der Waals surface area (Å²) in [6.07, 6.45) is 3.23. The molecule has 0 N–H and O–H groups in total. The Balaban J connectivity index is 1.55. The molecule has 2 aromatic rings. The second-order valence-corrected chi connectivity index (χ2v) is 8.58. The maximum absolute atomic E-state index is 13.2. The first-order chi connectivity index (χ1) is 15.0. The van der Waals surface area contributed by atoms with Crippen molar-refractivity contribution in [1.29, 1.82) is 0 Å². The van der Waals surface area contributed by atoms with Gasteiger partial charge in [0.15, 0.2) is 0 Å². The number of carbonyl (C=O) groups is 4. The number of benzene rings is 1. The molecule has 1 aliphatic carbocycles. The Morgan fingerprint density at radius 2 is 1.81 bits per heavy atom. The monoisotopic (exact) mass is 441 g/mol. The largest absolute Gasteiger partial charge is 0.497 e. The summed E-state index contributed by atoms with van der Waals surface area (Å²) in [5, 5.41) is 1.91. The summed E-state index contributed by atoms with van der Waals surface area (Å²) in [6.45, 7) is -0.191. The minimum Gasteiger partial charge on any atom is -0.497 e. The zero-order valence-electron chi connectivity index (χ0n) is 17.2. The molecular weight excluding hydrogens is 418 g/mol. The summed E-state index contributed by atoms with van der Waals surface area (Å²) in [5.41, 5.74) is 0.609. The highest BCUT2D eigenvalue weighted by atomic mass is 32.1. The third kappa shape index (κ3) is 4.18. The number of anilines is 1. The van der Waals surface area contributed by atoms with Crippen LogP contribution in [0.1, 0.15) is 30.6 Å². The summed E-state index contributed by atoms with van der Waals surface area (Å²) in [4.78, 5) is 55.3. The van der Waals surface area contributed by atoms with E-state index in [1.807, 2.05) is 17.5 Å². The van der Waals surface area contributed by atoms with Gasteiger partial charge in [-0.3, -0.25) is 19.3 Å². The van der Waals surface area contributed by atoms with Gasteiger partial charge < -0.3 is 9.64 Å². The summed E-state index contributed by atoms with van der Waals surface area (Å²) in [6, 6.07) is 9.81. The molecule has 31 heavy (non-hydrogen) atoms. The quantitative estimate of drug-likeness (QED) is 0.487. The zero-order chi connectivity index (χ0) is 22.0. The second-order valence-electron chi connectivity index (χ2n) is 7.54. The van der Waals surface area contributed by atoms with Crippen molar-refractivity contribution < 1.29 is 23.9 Å². The van der Waals surface area contributed by atoms with Gasteiger partial charge in [0, 0.05) is 16.6 Å². The van der Waals surface area contributed by atoms with Crippen LogP contribution in [0.3, 0.4) is 0 Å². The Morgan fingerprint density at radius 1 is 1.10 bits per heavy atom. The second kappa shape index (κ2) is 8.89. The molecule has 8 nitrogen and oxygen atoms in total. The molecule has 9 heteroatoms. The Hall–Kier alpha value is -3.20. The van der Waals surface area contributed by atoms with E-state index in [-0.39, 0.29) is 6.04 Å². The molecule has 0 radical (unpaired) electrons. The average molecular weight is 442 g/mol.